The van der Waals surface area contributed by atoms with Crippen molar-refractivity contribution in [3.05, 3.63) is 17.5 Å². The number of nitrogens with one attached hydrogen (secondary N) is 1. The molecule has 14 heavy (non-hydrogen) atoms. The highest BCUT2D eigenvalue weighted by Gasteiger charge is 2.23. The van der Waals surface area contributed by atoms with Crippen molar-refractivity contribution in [3.8, 4) is 0 Å². The van der Waals surface area contributed by atoms with Crippen LogP contribution in [0.3, 0.4) is 0 Å². The van der Waals surface area contributed by atoms with Crippen LogP contribution in [0.2, 0.25) is 0 Å². The third-order valence-electron chi connectivity index (χ3n) is 2.68. The zero-order chi connectivity index (χ0) is 9.97. The minimum Gasteiger partial charge on any atom is -0.319 e. The molecule has 3 nitrogen and oxygen atoms in total. The molecule has 2 rings (SSSR count). The number of aryl methyl sites for hydroxylation is 1. The standard InChI is InChI=1S/C10H15N3S/c1-11-5-7-3-4-9-8(7)6-12-10(13-9)14-2/h6-7,11H,3-5H2,1-2H3. The number of hydrogen-bond donors (Lipinski definition) is 1. The smallest absolute Gasteiger partial charge is 0.187 e. The van der Waals surface area contributed by atoms with Gasteiger partial charge in [0.2, 0.25) is 0 Å². The zero-order valence-electron chi connectivity index (χ0n) is 8.58. The molecule has 1 aromatic rings. The van der Waals surface area contributed by atoms with Crippen LogP contribution in [0.1, 0.15) is 23.6 Å². The largest absolute Gasteiger partial charge is 0.319 e. The molecule has 1 N–H and O–H groups in total. The molecule has 0 aliphatic heterocycles. The van der Waals surface area contributed by atoms with Gasteiger partial charge in [0.15, 0.2) is 5.16 Å². The van der Waals surface area contributed by atoms with Crippen LogP contribution < -0.4 is 5.32 Å². The van der Waals surface area contributed by atoms with Gasteiger partial charge >= 0.3 is 0 Å². The van der Waals surface area contributed by atoms with Crippen molar-refractivity contribution in [1.82, 2.24) is 15.3 Å². The van der Waals surface area contributed by atoms with Crippen molar-refractivity contribution in [3.63, 3.8) is 0 Å². The van der Waals surface area contributed by atoms with E-state index in [1.165, 1.54) is 17.7 Å². The Labute approximate surface area is 88.7 Å². The van der Waals surface area contributed by atoms with Crippen LogP contribution >= 0.6 is 11.8 Å². The monoisotopic (exact) mass is 209 g/mol. The molecular formula is C10H15N3S. The molecule has 0 spiro atoms. The zero-order valence-corrected chi connectivity index (χ0v) is 9.40. The quantitative estimate of drug-likeness (QED) is 0.604. The second-order valence-corrected chi connectivity index (χ2v) is 4.33. The van der Waals surface area contributed by atoms with Crippen LogP contribution in [-0.2, 0) is 6.42 Å². The predicted octanol–water partition coefficient (Wildman–Crippen LogP) is 1.45. The van der Waals surface area contributed by atoms with Crippen LogP contribution in [0, 0.1) is 0 Å². The lowest BCUT2D eigenvalue weighted by atomic mass is 10.1. The van der Waals surface area contributed by atoms with Crippen molar-refractivity contribution < 1.29 is 0 Å². The molecule has 1 aromatic heterocycles. The molecule has 1 atom stereocenters. The molecule has 0 bridgehead atoms. The van der Waals surface area contributed by atoms with Crippen molar-refractivity contribution >= 4 is 11.8 Å². The summed E-state index contributed by atoms with van der Waals surface area (Å²) in [6.07, 6.45) is 6.34. The average molecular weight is 209 g/mol. The van der Waals surface area contributed by atoms with Crippen LogP contribution in [0.4, 0.5) is 0 Å². The Morgan fingerprint density at radius 2 is 2.50 bits per heavy atom. The number of rotatable bonds is 3. The average Bonchev–Trinajstić information content (AvgIpc) is 2.61. The molecule has 0 radical (unpaired) electrons. The van der Waals surface area contributed by atoms with Gasteiger partial charge in [-0.25, -0.2) is 9.97 Å². The van der Waals surface area contributed by atoms with Crippen LogP contribution in [0.15, 0.2) is 11.4 Å². The molecule has 1 aliphatic carbocycles. The van der Waals surface area contributed by atoms with Gasteiger partial charge in [0, 0.05) is 24.4 Å². The fraction of sp³-hybridized carbons (Fsp3) is 0.600. The number of aromatic nitrogens is 2. The summed E-state index contributed by atoms with van der Waals surface area (Å²) < 4.78 is 0. The third-order valence-corrected chi connectivity index (χ3v) is 3.24. The van der Waals surface area contributed by atoms with Crippen molar-refractivity contribution in [1.29, 1.82) is 0 Å². The van der Waals surface area contributed by atoms with Crippen molar-refractivity contribution in [2.24, 2.45) is 0 Å². The molecule has 0 saturated heterocycles. The molecule has 1 unspecified atom stereocenters. The van der Waals surface area contributed by atoms with Gasteiger partial charge in [-0.1, -0.05) is 11.8 Å². The first kappa shape index (κ1) is 9.93. The molecule has 4 heteroatoms. The van der Waals surface area contributed by atoms with E-state index in [0.717, 1.165) is 18.1 Å². The Hall–Kier alpha value is -0.610. The SMILES string of the molecule is CNCC1CCc2nc(SC)ncc21. The Balaban J connectivity index is 2.24. The summed E-state index contributed by atoms with van der Waals surface area (Å²) in [5, 5.41) is 4.12. The van der Waals surface area contributed by atoms with E-state index in [9.17, 15) is 0 Å². The van der Waals surface area contributed by atoms with E-state index in [-0.39, 0.29) is 0 Å². The van der Waals surface area contributed by atoms with E-state index >= 15 is 0 Å². The lowest BCUT2D eigenvalue weighted by Crippen LogP contribution is -2.15. The summed E-state index contributed by atoms with van der Waals surface area (Å²) in [7, 11) is 2.00. The normalized spacial score (nSPS) is 19.7. The Bertz CT molecular complexity index is 327. The van der Waals surface area contributed by atoms with Crippen LogP contribution in [0.5, 0.6) is 0 Å². The highest BCUT2D eigenvalue weighted by Crippen LogP contribution is 2.31. The first-order chi connectivity index (χ1) is 6.85. The number of thioether (sulfide) groups is 1. The van der Waals surface area contributed by atoms with Gasteiger partial charge in [-0.2, -0.15) is 0 Å². The minimum atomic E-state index is 0.617. The van der Waals surface area contributed by atoms with Crippen LogP contribution in [-0.4, -0.2) is 29.8 Å². The summed E-state index contributed by atoms with van der Waals surface area (Å²) in [6, 6.07) is 0. The minimum absolute atomic E-state index is 0.617. The molecular weight excluding hydrogens is 194 g/mol. The van der Waals surface area contributed by atoms with Gasteiger partial charge in [0.1, 0.15) is 0 Å². The van der Waals surface area contributed by atoms with E-state index in [1.807, 2.05) is 19.5 Å². The number of likely N-dealkylation sites (N-methyl/N-ethyl adjacent to an activating group) is 1. The van der Waals surface area contributed by atoms with Gasteiger partial charge in [-0.3, -0.25) is 0 Å². The number of hydrogen-bond acceptors (Lipinski definition) is 4. The van der Waals surface area contributed by atoms with E-state index in [4.69, 9.17) is 0 Å². The lowest BCUT2D eigenvalue weighted by molar-refractivity contribution is 0.622. The Morgan fingerprint density at radius 1 is 1.64 bits per heavy atom. The summed E-state index contributed by atoms with van der Waals surface area (Å²) in [5.41, 5.74) is 2.60. The van der Waals surface area contributed by atoms with E-state index in [1.54, 1.807) is 11.8 Å². The first-order valence-corrected chi connectivity index (χ1v) is 6.12. The van der Waals surface area contributed by atoms with E-state index in [0.29, 0.717) is 5.92 Å². The highest BCUT2D eigenvalue weighted by atomic mass is 32.2. The maximum absolute atomic E-state index is 4.53. The Kier molecular flexibility index (Phi) is 3.03. The molecule has 76 valence electrons. The maximum atomic E-state index is 4.53. The topological polar surface area (TPSA) is 37.8 Å². The molecule has 0 aromatic carbocycles. The van der Waals surface area contributed by atoms with Crippen molar-refractivity contribution in [2.45, 2.75) is 23.9 Å². The summed E-state index contributed by atoms with van der Waals surface area (Å²) in [4.78, 5) is 8.85. The van der Waals surface area contributed by atoms with Gasteiger partial charge in [0.05, 0.1) is 0 Å². The van der Waals surface area contributed by atoms with Crippen LogP contribution in [0.25, 0.3) is 0 Å². The summed E-state index contributed by atoms with van der Waals surface area (Å²) >= 11 is 1.61. The van der Waals surface area contributed by atoms with Crippen molar-refractivity contribution in [2.75, 3.05) is 19.8 Å². The fourth-order valence-corrected chi connectivity index (χ4v) is 2.33. The second kappa shape index (κ2) is 4.28. The van der Waals surface area contributed by atoms with E-state index in [2.05, 4.69) is 15.3 Å². The summed E-state index contributed by atoms with van der Waals surface area (Å²) in [5.74, 6) is 0.617. The number of fused-ring (bicyclic) bond motifs is 1. The van der Waals surface area contributed by atoms with Gasteiger partial charge in [0.25, 0.3) is 0 Å². The summed E-state index contributed by atoms with van der Waals surface area (Å²) in [6.45, 7) is 1.04. The Morgan fingerprint density at radius 3 is 3.21 bits per heavy atom. The lowest BCUT2D eigenvalue weighted by Gasteiger charge is -2.09. The van der Waals surface area contributed by atoms with Gasteiger partial charge in [-0.15, -0.1) is 0 Å². The molecule has 1 aliphatic rings. The maximum Gasteiger partial charge on any atom is 0.187 e. The third kappa shape index (κ3) is 1.77. The molecule has 1 heterocycles. The van der Waals surface area contributed by atoms with Gasteiger partial charge in [-0.05, 0) is 31.7 Å². The fourth-order valence-electron chi connectivity index (χ4n) is 1.97. The molecule has 0 saturated carbocycles. The molecule has 0 fully saturated rings. The highest BCUT2D eigenvalue weighted by molar-refractivity contribution is 7.98. The molecule has 0 amide bonds. The van der Waals surface area contributed by atoms with Gasteiger partial charge < -0.3 is 5.32 Å². The number of nitrogens with zero attached hydrogens (tertiary/aromatic N) is 2. The first-order valence-electron chi connectivity index (χ1n) is 4.89. The second-order valence-electron chi connectivity index (χ2n) is 3.55. The van der Waals surface area contributed by atoms with E-state index < -0.39 is 0 Å². The predicted molar refractivity (Wildman–Crippen MR) is 58.8 cm³/mol.